The predicted molar refractivity (Wildman–Crippen MR) is 95.3 cm³/mol. The molecule has 24 heavy (non-hydrogen) atoms. The second kappa shape index (κ2) is 5.70. The molecule has 2 heterocycles. The molecule has 2 aliphatic heterocycles. The molecular weight excluding hydrogens is 324 g/mol. The fraction of sp³-hybridized carbons (Fsp3) is 0.333. The Kier molecular flexibility index (Phi) is 3.64. The van der Waals surface area contributed by atoms with Gasteiger partial charge >= 0.3 is 0 Å². The number of hydrogen-bond acceptors (Lipinski definition) is 4. The highest BCUT2D eigenvalue weighted by atomic mass is 32.2. The summed E-state index contributed by atoms with van der Waals surface area (Å²) >= 11 is 0. The van der Waals surface area contributed by atoms with Gasteiger partial charge in [0.15, 0.2) is 0 Å². The van der Waals surface area contributed by atoms with Crippen LogP contribution < -0.4 is 13.9 Å². The van der Waals surface area contributed by atoms with E-state index in [-0.39, 0.29) is 5.75 Å². The lowest BCUT2D eigenvalue weighted by Crippen LogP contribution is -2.47. The summed E-state index contributed by atoms with van der Waals surface area (Å²) in [6.07, 6.45) is 0. The minimum absolute atomic E-state index is 0.0131. The molecule has 4 rings (SSSR count). The first-order valence-electron chi connectivity index (χ1n) is 8.11. The fourth-order valence-electron chi connectivity index (χ4n) is 3.46. The van der Waals surface area contributed by atoms with Crippen LogP contribution in [0, 0.1) is 6.92 Å². The van der Waals surface area contributed by atoms with E-state index in [1.165, 1.54) is 0 Å². The maximum atomic E-state index is 13.0. The van der Waals surface area contributed by atoms with Crippen molar-refractivity contribution in [2.75, 3.05) is 35.4 Å². The van der Waals surface area contributed by atoms with Crippen LogP contribution in [0.15, 0.2) is 42.5 Å². The number of rotatable bonds is 3. The maximum Gasteiger partial charge on any atom is 0.239 e. The van der Waals surface area contributed by atoms with Gasteiger partial charge in [0.1, 0.15) is 18.0 Å². The Morgan fingerprint density at radius 3 is 2.75 bits per heavy atom. The van der Waals surface area contributed by atoms with Gasteiger partial charge < -0.3 is 9.64 Å². The second-order valence-electron chi connectivity index (χ2n) is 6.28. The molecule has 2 aromatic rings. The van der Waals surface area contributed by atoms with E-state index in [2.05, 4.69) is 4.90 Å². The zero-order valence-corrected chi connectivity index (χ0v) is 14.4. The number of para-hydroxylation sites is 1. The van der Waals surface area contributed by atoms with Crippen molar-refractivity contribution >= 4 is 21.4 Å². The topological polar surface area (TPSA) is 49.9 Å². The van der Waals surface area contributed by atoms with Crippen molar-refractivity contribution in [1.29, 1.82) is 0 Å². The van der Waals surface area contributed by atoms with Gasteiger partial charge in [0, 0.05) is 6.54 Å². The van der Waals surface area contributed by atoms with Crippen LogP contribution in [0.5, 0.6) is 5.75 Å². The molecular formula is C18H20N2O3S. The lowest BCUT2D eigenvalue weighted by Gasteiger charge is -2.41. The molecule has 0 bridgehead atoms. The normalized spacial score (nSPS) is 16.5. The third kappa shape index (κ3) is 2.60. The van der Waals surface area contributed by atoms with Gasteiger partial charge in [-0.25, -0.2) is 8.42 Å². The summed E-state index contributed by atoms with van der Waals surface area (Å²) in [4.78, 5) is 2.22. The lowest BCUT2D eigenvalue weighted by molar-refractivity contribution is 0.307. The van der Waals surface area contributed by atoms with E-state index in [4.69, 9.17) is 4.74 Å². The molecule has 0 unspecified atom stereocenters. The van der Waals surface area contributed by atoms with Crippen LogP contribution in [0.2, 0.25) is 0 Å². The van der Waals surface area contributed by atoms with Gasteiger partial charge in [0.25, 0.3) is 0 Å². The van der Waals surface area contributed by atoms with Gasteiger partial charge in [-0.1, -0.05) is 35.9 Å². The highest BCUT2D eigenvalue weighted by Crippen LogP contribution is 2.43. The molecule has 2 aliphatic rings. The predicted octanol–water partition coefficient (Wildman–Crippen LogP) is 2.54. The van der Waals surface area contributed by atoms with E-state index < -0.39 is 10.0 Å². The van der Waals surface area contributed by atoms with Crippen LogP contribution in [-0.4, -0.2) is 34.7 Å². The number of sulfonamides is 1. The highest BCUT2D eigenvalue weighted by molar-refractivity contribution is 7.92. The SMILES string of the molecule is Cc1cccc(CS(=O)(=O)N2CCN3CCOc4cccc2c43)c1. The van der Waals surface area contributed by atoms with Gasteiger partial charge in [0.05, 0.1) is 24.5 Å². The van der Waals surface area contributed by atoms with Crippen LogP contribution in [0.25, 0.3) is 0 Å². The summed E-state index contributed by atoms with van der Waals surface area (Å²) in [5.41, 5.74) is 3.52. The van der Waals surface area contributed by atoms with Crippen LogP contribution in [0.1, 0.15) is 11.1 Å². The van der Waals surface area contributed by atoms with E-state index in [9.17, 15) is 8.42 Å². The molecule has 5 nitrogen and oxygen atoms in total. The third-order valence-electron chi connectivity index (χ3n) is 4.52. The summed E-state index contributed by atoms with van der Waals surface area (Å²) in [5, 5.41) is 0. The Morgan fingerprint density at radius 1 is 1.08 bits per heavy atom. The largest absolute Gasteiger partial charge is 0.489 e. The van der Waals surface area contributed by atoms with Gasteiger partial charge in [0.2, 0.25) is 10.0 Å². The lowest BCUT2D eigenvalue weighted by atomic mass is 10.1. The molecule has 2 aromatic carbocycles. The molecule has 0 saturated carbocycles. The first kappa shape index (κ1) is 15.3. The molecule has 0 fully saturated rings. The van der Waals surface area contributed by atoms with Crippen LogP contribution in [-0.2, 0) is 15.8 Å². The molecule has 0 atom stereocenters. The number of hydrogen-bond donors (Lipinski definition) is 0. The molecule has 0 amide bonds. The number of nitrogens with zero attached hydrogens (tertiary/aromatic N) is 2. The number of anilines is 2. The zero-order valence-electron chi connectivity index (χ0n) is 13.6. The van der Waals surface area contributed by atoms with Crippen LogP contribution >= 0.6 is 0 Å². The molecule has 126 valence electrons. The van der Waals surface area contributed by atoms with Crippen molar-refractivity contribution < 1.29 is 13.2 Å². The van der Waals surface area contributed by atoms with E-state index >= 15 is 0 Å². The summed E-state index contributed by atoms with van der Waals surface area (Å²) in [6.45, 7) is 4.59. The van der Waals surface area contributed by atoms with Crippen molar-refractivity contribution in [1.82, 2.24) is 0 Å². The van der Waals surface area contributed by atoms with Crippen LogP contribution in [0.3, 0.4) is 0 Å². The minimum atomic E-state index is -3.44. The molecule has 6 heteroatoms. The molecule has 0 spiro atoms. The van der Waals surface area contributed by atoms with E-state index in [0.29, 0.717) is 19.7 Å². The summed E-state index contributed by atoms with van der Waals surface area (Å²) < 4.78 is 33.3. The monoisotopic (exact) mass is 344 g/mol. The highest BCUT2D eigenvalue weighted by Gasteiger charge is 2.34. The quantitative estimate of drug-likeness (QED) is 0.859. The van der Waals surface area contributed by atoms with E-state index in [0.717, 1.165) is 34.8 Å². The maximum absolute atomic E-state index is 13.0. The van der Waals surface area contributed by atoms with Gasteiger partial charge in [-0.15, -0.1) is 0 Å². The Hall–Kier alpha value is -2.21. The second-order valence-corrected chi connectivity index (χ2v) is 8.17. The zero-order chi connectivity index (χ0) is 16.7. The van der Waals surface area contributed by atoms with E-state index in [1.54, 1.807) is 4.31 Å². The Labute approximate surface area is 142 Å². The van der Waals surface area contributed by atoms with Crippen LogP contribution in [0.4, 0.5) is 11.4 Å². The minimum Gasteiger partial charge on any atom is -0.489 e. The van der Waals surface area contributed by atoms with Crippen molar-refractivity contribution in [2.45, 2.75) is 12.7 Å². The molecule has 0 N–H and O–H groups in total. The number of aryl methyl sites for hydroxylation is 1. The third-order valence-corrected chi connectivity index (χ3v) is 6.27. The average Bonchev–Trinajstić information content (AvgIpc) is 2.55. The van der Waals surface area contributed by atoms with Gasteiger partial charge in [-0.2, -0.15) is 0 Å². The Balaban J connectivity index is 1.72. The standard InChI is InChI=1S/C18H20N2O3S/c1-14-4-2-5-15(12-14)13-24(21,22)20-9-8-19-10-11-23-17-7-3-6-16(20)18(17)19/h2-7,12H,8-11,13H2,1H3. The number of benzene rings is 2. The van der Waals surface area contributed by atoms with Crippen molar-refractivity contribution in [2.24, 2.45) is 0 Å². The summed E-state index contributed by atoms with van der Waals surface area (Å²) in [6, 6.07) is 13.3. The van der Waals surface area contributed by atoms with Crippen molar-refractivity contribution in [3.63, 3.8) is 0 Å². The Morgan fingerprint density at radius 2 is 1.92 bits per heavy atom. The smallest absolute Gasteiger partial charge is 0.239 e. The summed E-state index contributed by atoms with van der Waals surface area (Å²) in [5.74, 6) is 0.786. The Bertz CT molecular complexity index is 880. The van der Waals surface area contributed by atoms with Crippen molar-refractivity contribution in [3.05, 3.63) is 53.6 Å². The first-order chi connectivity index (χ1) is 11.5. The van der Waals surface area contributed by atoms with Crippen molar-refractivity contribution in [3.8, 4) is 5.75 Å². The molecule has 0 radical (unpaired) electrons. The first-order valence-corrected chi connectivity index (χ1v) is 9.72. The molecule has 0 aliphatic carbocycles. The summed E-state index contributed by atoms with van der Waals surface area (Å²) in [7, 11) is -3.44. The molecule has 0 aromatic heterocycles. The van der Waals surface area contributed by atoms with Gasteiger partial charge in [-0.3, -0.25) is 4.31 Å². The average molecular weight is 344 g/mol. The van der Waals surface area contributed by atoms with E-state index in [1.807, 2.05) is 49.4 Å². The number of ether oxygens (including phenoxy) is 1. The fourth-order valence-corrected chi connectivity index (χ4v) is 5.02. The molecule has 0 saturated heterocycles. The van der Waals surface area contributed by atoms with Gasteiger partial charge in [-0.05, 0) is 24.6 Å².